The molecule has 0 saturated carbocycles. The number of carbonyl (C=O) groups is 2. The average molecular weight is 518 g/mol. The Hall–Kier alpha value is -2.03. The highest BCUT2D eigenvalue weighted by Gasteiger charge is 2.25. The van der Waals surface area contributed by atoms with Crippen LogP contribution < -0.4 is 15.5 Å². The number of rotatable bonds is 6. The van der Waals surface area contributed by atoms with Crippen LogP contribution in [0.3, 0.4) is 0 Å². The predicted molar refractivity (Wildman–Crippen MR) is 130 cm³/mol. The van der Waals surface area contributed by atoms with Gasteiger partial charge in [0.1, 0.15) is 10.8 Å². The van der Waals surface area contributed by atoms with E-state index < -0.39 is 11.8 Å². The molecule has 0 aliphatic carbocycles. The number of pyridine rings is 1. The van der Waals surface area contributed by atoms with Gasteiger partial charge in [-0.25, -0.2) is 4.98 Å². The molecule has 162 valence electrons. The molecule has 0 aliphatic heterocycles. The van der Waals surface area contributed by atoms with E-state index in [0.717, 1.165) is 0 Å². The first kappa shape index (κ1) is 23.6. The second-order valence-electron chi connectivity index (χ2n) is 6.55. The lowest BCUT2D eigenvalue weighted by atomic mass is 10.0. The van der Waals surface area contributed by atoms with Crippen molar-refractivity contribution in [2.24, 2.45) is 0 Å². The molecular formula is C20H16Cl4N4O2S. The Morgan fingerprint density at radius 2 is 1.81 bits per heavy atom. The molecule has 0 bridgehead atoms. The van der Waals surface area contributed by atoms with Crippen molar-refractivity contribution in [3.8, 4) is 0 Å². The minimum atomic E-state index is -0.552. The molecule has 3 rings (SSSR count). The molecule has 0 spiro atoms. The maximum Gasteiger partial charge on any atom is 0.259 e. The van der Waals surface area contributed by atoms with E-state index >= 15 is 0 Å². The largest absolute Gasteiger partial charge is 0.377 e. The third-order valence-corrected chi connectivity index (χ3v) is 6.39. The maximum atomic E-state index is 13.2. The van der Waals surface area contributed by atoms with Gasteiger partial charge in [-0.1, -0.05) is 34.8 Å². The number of hydrogen-bond donors (Lipinski definition) is 2. The van der Waals surface area contributed by atoms with E-state index in [9.17, 15) is 9.59 Å². The average Bonchev–Trinajstić information content (AvgIpc) is 3.08. The molecule has 2 aromatic heterocycles. The highest BCUT2D eigenvalue weighted by Crippen LogP contribution is 2.36. The number of benzene rings is 1. The van der Waals surface area contributed by atoms with Gasteiger partial charge in [-0.15, -0.1) is 22.9 Å². The van der Waals surface area contributed by atoms with E-state index in [2.05, 4.69) is 15.6 Å². The van der Waals surface area contributed by atoms with Gasteiger partial charge in [0.2, 0.25) is 0 Å². The lowest BCUT2D eigenvalue weighted by Crippen LogP contribution is -2.24. The Labute approximate surface area is 203 Å². The van der Waals surface area contributed by atoms with Gasteiger partial charge in [-0.05, 0) is 35.2 Å². The number of hydrogen-bond acceptors (Lipinski definition) is 5. The first-order valence-electron chi connectivity index (χ1n) is 8.78. The van der Waals surface area contributed by atoms with Crippen LogP contribution in [-0.2, 0) is 5.88 Å². The third-order valence-electron chi connectivity index (χ3n) is 4.18. The zero-order valence-corrected chi connectivity index (χ0v) is 20.1. The van der Waals surface area contributed by atoms with Gasteiger partial charge in [0.15, 0.2) is 0 Å². The van der Waals surface area contributed by atoms with Gasteiger partial charge < -0.3 is 15.5 Å². The number of carbonyl (C=O) groups excluding carboxylic acids is 2. The fourth-order valence-electron chi connectivity index (χ4n) is 2.72. The van der Waals surface area contributed by atoms with Crippen LogP contribution in [0.2, 0.25) is 15.1 Å². The van der Waals surface area contributed by atoms with E-state index in [1.54, 1.807) is 42.6 Å². The predicted octanol–water partition coefficient (Wildman–Crippen LogP) is 6.41. The van der Waals surface area contributed by atoms with E-state index in [1.165, 1.54) is 23.6 Å². The van der Waals surface area contributed by atoms with Crippen LogP contribution >= 0.6 is 57.7 Å². The minimum absolute atomic E-state index is 0.0793. The first-order valence-corrected chi connectivity index (χ1v) is 11.3. The second kappa shape index (κ2) is 10.1. The summed E-state index contributed by atoms with van der Waals surface area (Å²) in [6.45, 7) is 0. The fourth-order valence-corrected chi connectivity index (χ4v) is 4.63. The molecule has 3 aromatic rings. The van der Waals surface area contributed by atoms with Gasteiger partial charge in [0.25, 0.3) is 11.8 Å². The number of nitrogens with one attached hydrogen (secondary N) is 2. The monoisotopic (exact) mass is 516 g/mol. The second-order valence-corrected chi connectivity index (χ2v) is 8.95. The molecule has 2 N–H and O–H groups in total. The lowest BCUT2D eigenvalue weighted by Gasteiger charge is -2.20. The SMILES string of the molecule is CN(C)c1cc(Cl)cc(C(=O)Nc2ccc(Cl)cn2)c1C(=O)Nc1scc(CCl)c1Cl. The van der Waals surface area contributed by atoms with Crippen molar-refractivity contribution in [3.05, 3.63) is 67.6 Å². The van der Waals surface area contributed by atoms with Crippen molar-refractivity contribution in [1.29, 1.82) is 0 Å². The highest BCUT2D eigenvalue weighted by molar-refractivity contribution is 7.15. The Bertz CT molecular complexity index is 1130. The molecule has 31 heavy (non-hydrogen) atoms. The normalized spacial score (nSPS) is 10.6. The summed E-state index contributed by atoms with van der Waals surface area (Å²) in [4.78, 5) is 32.0. The van der Waals surface area contributed by atoms with Crippen molar-refractivity contribution in [2.45, 2.75) is 5.88 Å². The summed E-state index contributed by atoms with van der Waals surface area (Å²) in [6.07, 6.45) is 1.40. The molecule has 0 fully saturated rings. The maximum absolute atomic E-state index is 13.2. The highest BCUT2D eigenvalue weighted by atomic mass is 35.5. The Morgan fingerprint density at radius 1 is 1.06 bits per heavy atom. The van der Waals surface area contributed by atoms with Crippen LogP contribution in [0.5, 0.6) is 0 Å². The van der Waals surface area contributed by atoms with E-state index in [1.807, 2.05) is 0 Å². The molecule has 0 saturated heterocycles. The Balaban J connectivity index is 2.02. The molecule has 11 heteroatoms. The number of anilines is 3. The Morgan fingerprint density at radius 3 is 2.39 bits per heavy atom. The smallest absolute Gasteiger partial charge is 0.259 e. The molecule has 1 aromatic carbocycles. The summed E-state index contributed by atoms with van der Waals surface area (Å²) in [5.74, 6) is -0.569. The van der Waals surface area contributed by atoms with Crippen LogP contribution in [0.1, 0.15) is 26.3 Å². The van der Waals surface area contributed by atoms with E-state index in [0.29, 0.717) is 31.3 Å². The summed E-state index contributed by atoms with van der Waals surface area (Å²) < 4.78 is 0. The van der Waals surface area contributed by atoms with Gasteiger partial charge in [-0.3, -0.25) is 9.59 Å². The first-order chi connectivity index (χ1) is 14.7. The van der Waals surface area contributed by atoms with Crippen molar-refractivity contribution < 1.29 is 9.59 Å². The zero-order valence-electron chi connectivity index (χ0n) is 16.3. The number of nitrogens with zero attached hydrogens (tertiary/aromatic N) is 2. The molecule has 6 nitrogen and oxygen atoms in total. The quantitative estimate of drug-likeness (QED) is 0.370. The van der Waals surface area contributed by atoms with Gasteiger partial charge in [0.05, 0.1) is 26.9 Å². The van der Waals surface area contributed by atoms with Crippen molar-refractivity contribution >= 4 is 86.1 Å². The summed E-state index contributed by atoms with van der Waals surface area (Å²) >= 11 is 25.5. The topological polar surface area (TPSA) is 74.3 Å². The number of amides is 2. The van der Waals surface area contributed by atoms with Gasteiger partial charge in [0, 0.05) is 31.2 Å². The summed E-state index contributed by atoms with van der Waals surface area (Å²) in [7, 11) is 3.49. The number of halogens is 4. The fraction of sp³-hybridized carbons (Fsp3) is 0.150. The molecule has 0 atom stereocenters. The summed E-state index contributed by atoms with van der Waals surface area (Å²) in [5, 5.41) is 8.72. The molecule has 0 unspecified atom stereocenters. The number of alkyl halides is 1. The summed E-state index contributed by atoms with van der Waals surface area (Å²) in [6, 6.07) is 6.17. The number of aromatic nitrogens is 1. The molecule has 0 radical (unpaired) electrons. The molecular weight excluding hydrogens is 502 g/mol. The Kier molecular flexibility index (Phi) is 7.67. The summed E-state index contributed by atoms with van der Waals surface area (Å²) in [5.41, 5.74) is 1.39. The van der Waals surface area contributed by atoms with Crippen molar-refractivity contribution in [3.63, 3.8) is 0 Å². The molecule has 0 aliphatic rings. The van der Waals surface area contributed by atoms with Crippen LogP contribution in [-0.4, -0.2) is 30.9 Å². The van der Waals surface area contributed by atoms with Crippen LogP contribution in [0.25, 0.3) is 0 Å². The lowest BCUT2D eigenvalue weighted by molar-refractivity contribution is 0.0991. The molecule has 2 amide bonds. The standard InChI is InChI=1S/C20H16Cl4N4O2S/c1-28(2)14-6-12(23)5-13(18(29)26-15-4-3-11(22)8-25-15)16(14)19(30)27-20-17(24)10(7-21)9-31-20/h3-6,8-9H,7H2,1-2H3,(H,27,30)(H,25,26,29). The van der Waals surface area contributed by atoms with Gasteiger partial charge in [-0.2, -0.15) is 0 Å². The van der Waals surface area contributed by atoms with E-state index in [-0.39, 0.29) is 22.8 Å². The van der Waals surface area contributed by atoms with E-state index in [4.69, 9.17) is 46.4 Å². The van der Waals surface area contributed by atoms with Crippen LogP contribution in [0.15, 0.2) is 35.8 Å². The van der Waals surface area contributed by atoms with Crippen molar-refractivity contribution in [1.82, 2.24) is 4.98 Å². The number of thiophene rings is 1. The minimum Gasteiger partial charge on any atom is -0.377 e. The van der Waals surface area contributed by atoms with Crippen LogP contribution in [0, 0.1) is 0 Å². The van der Waals surface area contributed by atoms with Crippen LogP contribution in [0.4, 0.5) is 16.5 Å². The molecule has 2 heterocycles. The zero-order chi connectivity index (χ0) is 22.7. The van der Waals surface area contributed by atoms with Gasteiger partial charge >= 0.3 is 0 Å². The third kappa shape index (κ3) is 5.42. The van der Waals surface area contributed by atoms with Crippen molar-refractivity contribution in [2.75, 3.05) is 29.6 Å².